The lowest BCUT2D eigenvalue weighted by molar-refractivity contribution is 0.0599. The van der Waals surface area contributed by atoms with Crippen LogP contribution < -0.4 is 0 Å². The fourth-order valence-corrected chi connectivity index (χ4v) is 1.62. The number of aryl methyl sites for hydroxylation is 1. The van der Waals surface area contributed by atoms with Crippen LogP contribution in [0.5, 0.6) is 0 Å². The van der Waals surface area contributed by atoms with Gasteiger partial charge in [-0.2, -0.15) is 0 Å². The molecule has 0 amide bonds. The van der Waals surface area contributed by atoms with Crippen molar-refractivity contribution in [1.82, 2.24) is 4.90 Å². The highest BCUT2D eigenvalue weighted by Gasteiger charge is 2.15. The lowest BCUT2D eigenvalue weighted by atomic mass is 10.2. The van der Waals surface area contributed by atoms with Gasteiger partial charge < -0.3 is 14.3 Å². The van der Waals surface area contributed by atoms with E-state index < -0.39 is 0 Å². The number of furan rings is 1. The molecule has 0 aliphatic heterocycles. The first-order valence-corrected chi connectivity index (χ1v) is 5.55. The minimum Gasteiger partial charge on any atom is -0.465 e. The standard InChI is InChI=1S/C12H19NO4/c1-9-11(12(15)16-3)7-10(17-9)8-13(2)5-4-6-14/h7,14H,4-6,8H2,1-3H3. The predicted octanol–water partition coefficient (Wildman–Crippen LogP) is 1.19. The molecule has 0 aliphatic carbocycles. The van der Waals surface area contributed by atoms with Gasteiger partial charge in [0.2, 0.25) is 0 Å². The monoisotopic (exact) mass is 241 g/mol. The molecule has 0 aliphatic rings. The summed E-state index contributed by atoms with van der Waals surface area (Å²) < 4.78 is 10.1. The molecule has 5 nitrogen and oxygen atoms in total. The maximum Gasteiger partial charge on any atom is 0.341 e. The number of rotatable bonds is 6. The number of carbonyl (C=O) groups is 1. The summed E-state index contributed by atoms with van der Waals surface area (Å²) in [4.78, 5) is 13.4. The van der Waals surface area contributed by atoms with Crippen molar-refractivity contribution in [3.8, 4) is 0 Å². The number of methoxy groups -OCH3 is 1. The summed E-state index contributed by atoms with van der Waals surface area (Å²) in [7, 11) is 3.28. The smallest absolute Gasteiger partial charge is 0.341 e. The Hall–Kier alpha value is -1.33. The Morgan fingerprint density at radius 2 is 2.29 bits per heavy atom. The number of esters is 1. The molecule has 17 heavy (non-hydrogen) atoms. The fourth-order valence-electron chi connectivity index (χ4n) is 1.62. The third kappa shape index (κ3) is 3.87. The predicted molar refractivity (Wildman–Crippen MR) is 62.8 cm³/mol. The first-order valence-electron chi connectivity index (χ1n) is 5.55. The maximum absolute atomic E-state index is 11.4. The van der Waals surface area contributed by atoms with E-state index in [-0.39, 0.29) is 12.6 Å². The van der Waals surface area contributed by atoms with E-state index in [1.807, 2.05) is 11.9 Å². The molecule has 1 heterocycles. The first kappa shape index (κ1) is 13.7. The first-order chi connectivity index (χ1) is 8.08. The Kier molecular flexibility index (Phi) is 5.18. The van der Waals surface area contributed by atoms with Crippen LogP contribution in [0, 0.1) is 6.92 Å². The van der Waals surface area contributed by atoms with Crippen LogP contribution in [-0.2, 0) is 11.3 Å². The zero-order valence-corrected chi connectivity index (χ0v) is 10.5. The summed E-state index contributed by atoms with van der Waals surface area (Å²) in [6, 6.07) is 1.70. The van der Waals surface area contributed by atoms with Gasteiger partial charge >= 0.3 is 5.97 Å². The van der Waals surface area contributed by atoms with Gasteiger partial charge in [0.05, 0.1) is 13.7 Å². The van der Waals surface area contributed by atoms with Gasteiger partial charge in [-0.1, -0.05) is 0 Å². The summed E-state index contributed by atoms with van der Waals surface area (Å²) in [5.74, 6) is 0.918. The van der Waals surface area contributed by atoms with Gasteiger partial charge in [-0.25, -0.2) is 4.79 Å². The van der Waals surface area contributed by atoms with Gasteiger partial charge in [0.1, 0.15) is 17.1 Å². The number of ether oxygens (including phenoxy) is 1. The van der Waals surface area contributed by atoms with Crippen LogP contribution in [-0.4, -0.2) is 43.3 Å². The van der Waals surface area contributed by atoms with Crippen LogP contribution in [0.1, 0.15) is 28.3 Å². The van der Waals surface area contributed by atoms with Crippen molar-refractivity contribution in [3.63, 3.8) is 0 Å². The third-order valence-corrected chi connectivity index (χ3v) is 2.50. The Balaban J connectivity index is 2.63. The maximum atomic E-state index is 11.4. The van der Waals surface area contributed by atoms with Crippen molar-refractivity contribution >= 4 is 5.97 Å². The number of aliphatic hydroxyl groups excluding tert-OH is 1. The molecule has 0 fully saturated rings. The van der Waals surface area contributed by atoms with Gasteiger partial charge in [0.25, 0.3) is 0 Å². The molecule has 0 saturated carbocycles. The molecule has 1 rings (SSSR count). The minimum absolute atomic E-state index is 0.176. The molecule has 96 valence electrons. The van der Waals surface area contributed by atoms with Crippen molar-refractivity contribution in [1.29, 1.82) is 0 Å². The van der Waals surface area contributed by atoms with E-state index in [1.54, 1.807) is 13.0 Å². The second-order valence-corrected chi connectivity index (χ2v) is 3.99. The largest absolute Gasteiger partial charge is 0.465 e. The summed E-state index contributed by atoms with van der Waals surface area (Å²) in [6.45, 7) is 3.31. The Bertz CT molecular complexity index is 373. The van der Waals surface area contributed by atoms with Crippen LogP contribution in [0.2, 0.25) is 0 Å². The quantitative estimate of drug-likeness (QED) is 0.758. The summed E-state index contributed by atoms with van der Waals surface area (Å²) in [5.41, 5.74) is 0.470. The summed E-state index contributed by atoms with van der Waals surface area (Å²) in [5, 5.41) is 8.72. The zero-order valence-electron chi connectivity index (χ0n) is 10.5. The fraction of sp³-hybridized carbons (Fsp3) is 0.583. The van der Waals surface area contributed by atoms with Crippen LogP contribution in [0.4, 0.5) is 0 Å². The normalized spacial score (nSPS) is 10.9. The van der Waals surface area contributed by atoms with Gasteiger partial charge in [0.15, 0.2) is 0 Å². The minimum atomic E-state index is -0.379. The summed E-state index contributed by atoms with van der Waals surface area (Å²) >= 11 is 0. The molecular weight excluding hydrogens is 222 g/mol. The molecule has 0 aromatic carbocycles. The number of aliphatic hydroxyl groups is 1. The second-order valence-electron chi connectivity index (χ2n) is 3.99. The average Bonchev–Trinajstić information content (AvgIpc) is 2.66. The van der Waals surface area contributed by atoms with Crippen molar-refractivity contribution in [2.45, 2.75) is 19.9 Å². The van der Waals surface area contributed by atoms with Gasteiger partial charge in [-0.3, -0.25) is 4.90 Å². The van der Waals surface area contributed by atoms with Crippen molar-refractivity contribution in [2.75, 3.05) is 27.3 Å². The molecule has 0 atom stereocenters. The van der Waals surface area contributed by atoms with E-state index in [0.29, 0.717) is 17.9 Å². The van der Waals surface area contributed by atoms with Crippen LogP contribution in [0.15, 0.2) is 10.5 Å². The highest BCUT2D eigenvalue weighted by Crippen LogP contribution is 2.16. The molecule has 0 radical (unpaired) electrons. The SMILES string of the molecule is COC(=O)c1cc(CN(C)CCCO)oc1C. The van der Waals surface area contributed by atoms with Crippen LogP contribution in [0.3, 0.4) is 0 Å². The number of carbonyl (C=O) groups excluding carboxylic acids is 1. The molecule has 0 bridgehead atoms. The molecule has 1 aromatic rings. The number of hydrogen-bond acceptors (Lipinski definition) is 5. The van der Waals surface area contributed by atoms with Crippen molar-refractivity contribution in [2.24, 2.45) is 0 Å². The molecule has 1 aromatic heterocycles. The topological polar surface area (TPSA) is 62.9 Å². The van der Waals surface area contributed by atoms with Gasteiger partial charge in [-0.05, 0) is 26.5 Å². The van der Waals surface area contributed by atoms with E-state index in [1.165, 1.54) is 7.11 Å². The molecule has 1 N–H and O–H groups in total. The molecule has 0 spiro atoms. The molecule has 5 heteroatoms. The van der Waals surface area contributed by atoms with Gasteiger partial charge in [0, 0.05) is 13.2 Å². The van der Waals surface area contributed by atoms with Crippen LogP contribution >= 0.6 is 0 Å². The highest BCUT2D eigenvalue weighted by atomic mass is 16.5. The van der Waals surface area contributed by atoms with E-state index in [2.05, 4.69) is 4.74 Å². The van der Waals surface area contributed by atoms with Crippen LogP contribution in [0.25, 0.3) is 0 Å². The van der Waals surface area contributed by atoms with Crippen molar-refractivity contribution < 1.29 is 19.1 Å². The van der Waals surface area contributed by atoms with E-state index in [0.717, 1.165) is 18.7 Å². The lowest BCUT2D eigenvalue weighted by Crippen LogP contribution is -2.19. The molecule has 0 saturated heterocycles. The Morgan fingerprint density at radius 1 is 1.59 bits per heavy atom. The Morgan fingerprint density at radius 3 is 2.88 bits per heavy atom. The zero-order chi connectivity index (χ0) is 12.8. The van der Waals surface area contributed by atoms with E-state index in [4.69, 9.17) is 9.52 Å². The summed E-state index contributed by atoms with van der Waals surface area (Å²) in [6.07, 6.45) is 0.722. The second kappa shape index (κ2) is 6.42. The molecular formula is C12H19NO4. The van der Waals surface area contributed by atoms with Gasteiger partial charge in [-0.15, -0.1) is 0 Å². The molecule has 0 unspecified atom stereocenters. The number of hydrogen-bond donors (Lipinski definition) is 1. The number of nitrogens with zero attached hydrogens (tertiary/aromatic N) is 1. The Labute approximate surface area is 101 Å². The highest BCUT2D eigenvalue weighted by molar-refractivity contribution is 5.90. The average molecular weight is 241 g/mol. The third-order valence-electron chi connectivity index (χ3n) is 2.50. The van der Waals surface area contributed by atoms with E-state index in [9.17, 15) is 4.79 Å². The van der Waals surface area contributed by atoms with Crippen molar-refractivity contribution in [3.05, 3.63) is 23.2 Å². The van der Waals surface area contributed by atoms with E-state index >= 15 is 0 Å². The lowest BCUT2D eigenvalue weighted by Gasteiger charge is -2.13.